The van der Waals surface area contributed by atoms with Crippen LogP contribution < -0.4 is 0 Å². The molecule has 1 heterocycles. The van der Waals surface area contributed by atoms with Gasteiger partial charge >= 0.3 is 0 Å². The summed E-state index contributed by atoms with van der Waals surface area (Å²) < 4.78 is 25.8. The molecule has 0 bridgehead atoms. The second-order valence-corrected chi connectivity index (χ2v) is 3.71. The zero-order valence-corrected chi connectivity index (χ0v) is 7.63. The molecular formula is C10H11F2NO. The highest BCUT2D eigenvalue weighted by atomic mass is 19.1. The minimum Gasteiger partial charge on any atom is -0.385 e. The second kappa shape index (κ2) is 3.28. The summed E-state index contributed by atoms with van der Waals surface area (Å²) in [6, 6.07) is 2.36. The second-order valence-electron chi connectivity index (χ2n) is 3.71. The van der Waals surface area contributed by atoms with Gasteiger partial charge in [0.15, 0.2) is 0 Å². The van der Waals surface area contributed by atoms with Crippen LogP contribution in [0.3, 0.4) is 0 Å². The maximum absolute atomic E-state index is 13.2. The molecule has 0 unspecified atom stereocenters. The third-order valence-electron chi connectivity index (χ3n) is 2.75. The van der Waals surface area contributed by atoms with Crippen LogP contribution >= 0.6 is 0 Å². The fraction of sp³-hybridized carbons (Fsp3) is 0.500. The van der Waals surface area contributed by atoms with Gasteiger partial charge in [0.25, 0.3) is 0 Å². The third-order valence-corrected chi connectivity index (χ3v) is 2.75. The van der Waals surface area contributed by atoms with E-state index in [0.717, 1.165) is 18.9 Å². The van der Waals surface area contributed by atoms with Gasteiger partial charge in [-0.1, -0.05) is 12.8 Å². The molecule has 1 saturated carbocycles. The third kappa shape index (κ3) is 1.50. The Morgan fingerprint density at radius 3 is 2.43 bits per heavy atom. The van der Waals surface area contributed by atoms with Crippen molar-refractivity contribution in [3.8, 4) is 0 Å². The molecule has 1 aliphatic carbocycles. The molecule has 0 atom stereocenters. The number of aliphatic hydroxyl groups is 1. The molecule has 0 amide bonds. The Bertz CT molecular complexity index is 348. The van der Waals surface area contributed by atoms with E-state index in [4.69, 9.17) is 0 Å². The van der Waals surface area contributed by atoms with Crippen LogP contribution in [0.25, 0.3) is 0 Å². The molecule has 0 spiro atoms. The van der Waals surface area contributed by atoms with Crippen molar-refractivity contribution in [3.05, 3.63) is 29.6 Å². The van der Waals surface area contributed by atoms with Crippen LogP contribution in [0, 0.1) is 11.9 Å². The molecule has 0 aliphatic heterocycles. The van der Waals surface area contributed by atoms with E-state index in [0.29, 0.717) is 12.8 Å². The summed E-state index contributed by atoms with van der Waals surface area (Å²) in [5.74, 6) is -1.75. The van der Waals surface area contributed by atoms with Crippen LogP contribution in [0.5, 0.6) is 0 Å². The van der Waals surface area contributed by atoms with Crippen LogP contribution in [0.4, 0.5) is 8.78 Å². The quantitative estimate of drug-likeness (QED) is 0.703. The average Bonchev–Trinajstić information content (AvgIpc) is 2.52. The Labute approximate surface area is 80.6 Å². The zero-order chi connectivity index (χ0) is 10.2. The summed E-state index contributed by atoms with van der Waals surface area (Å²) in [7, 11) is 0. The lowest BCUT2D eigenvalue weighted by Crippen LogP contribution is -2.23. The zero-order valence-electron chi connectivity index (χ0n) is 7.63. The van der Waals surface area contributed by atoms with Crippen LogP contribution in [0.15, 0.2) is 12.1 Å². The molecule has 1 aromatic rings. The summed E-state index contributed by atoms with van der Waals surface area (Å²) in [6.07, 6.45) is 2.79. The Morgan fingerprint density at radius 2 is 1.86 bits per heavy atom. The van der Waals surface area contributed by atoms with Crippen molar-refractivity contribution in [2.45, 2.75) is 31.3 Å². The summed E-state index contributed by atoms with van der Waals surface area (Å²) in [4.78, 5) is 3.07. The van der Waals surface area contributed by atoms with Crippen molar-refractivity contribution < 1.29 is 13.9 Å². The SMILES string of the molecule is OC1(c2ccc(F)nc2F)CCCC1. The van der Waals surface area contributed by atoms with Crippen LogP contribution in [0.1, 0.15) is 31.2 Å². The van der Waals surface area contributed by atoms with Gasteiger partial charge in [-0.15, -0.1) is 0 Å². The summed E-state index contributed by atoms with van der Waals surface area (Å²) in [5.41, 5.74) is -1.01. The average molecular weight is 199 g/mol. The molecular weight excluding hydrogens is 188 g/mol. The topological polar surface area (TPSA) is 33.1 Å². The van der Waals surface area contributed by atoms with Crippen LogP contribution in [-0.2, 0) is 5.60 Å². The number of hydrogen-bond donors (Lipinski definition) is 1. The standard InChI is InChI=1S/C10H11F2NO/c11-8-4-3-7(9(12)13-8)10(14)5-1-2-6-10/h3-4,14H,1-2,5-6H2. The Balaban J connectivity index is 2.40. The molecule has 1 N–H and O–H groups in total. The van der Waals surface area contributed by atoms with Crippen LogP contribution in [-0.4, -0.2) is 10.1 Å². The van der Waals surface area contributed by atoms with Gasteiger partial charge in [-0.05, 0) is 25.0 Å². The molecule has 0 saturated heterocycles. The predicted molar refractivity (Wildman–Crippen MR) is 46.5 cm³/mol. The summed E-state index contributed by atoms with van der Waals surface area (Å²) in [6.45, 7) is 0. The molecule has 0 aromatic carbocycles. The molecule has 4 heteroatoms. The Hall–Kier alpha value is -1.03. The molecule has 1 fully saturated rings. The normalized spacial score (nSPS) is 19.9. The molecule has 76 valence electrons. The monoisotopic (exact) mass is 199 g/mol. The van der Waals surface area contributed by atoms with Crippen molar-refractivity contribution in [2.24, 2.45) is 0 Å². The first-order chi connectivity index (χ1) is 6.62. The minimum absolute atomic E-state index is 0.122. The van der Waals surface area contributed by atoms with Crippen molar-refractivity contribution >= 4 is 0 Å². The molecule has 1 aromatic heterocycles. The van der Waals surface area contributed by atoms with E-state index in [1.165, 1.54) is 6.07 Å². The maximum atomic E-state index is 13.2. The van der Waals surface area contributed by atoms with E-state index in [2.05, 4.69) is 4.98 Å². The summed E-state index contributed by atoms with van der Waals surface area (Å²) in [5, 5.41) is 10.0. The fourth-order valence-corrected chi connectivity index (χ4v) is 1.99. The van der Waals surface area contributed by atoms with Crippen molar-refractivity contribution in [1.82, 2.24) is 4.98 Å². The van der Waals surface area contributed by atoms with E-state index >= 15 is 0 Å². The van der Waals surface area contributed by atoms with E-state index in [9.17, 15) is 13.9 Å². The molecule has 2 nitrogen and oxygen atoms in total. The Kier molecular flexibility index (Phi) is 2.23. The van der Waals surface area contributed by atoms with Gasteiger partial charge in [-0.3, -0.25) is 0 Å². The highest BCUT2D eigenvalue weighted by Crippen LogP contribution is 2.39. The van der Waals surface area contributed by atoms with E-state index < -0.39 is 17.5 Å². The lowest BCUT2D eigenvalue weighted by molar-refractivity contribution is 0.0397. The van der Waals surface area contributed by atoms with Gasteiger partial charge in [-0.2, -0.15) is 13.8 Å². The van der Waals surface area contributed by atoms with Gasteiger partial charge in [0.2, 0.25) is 11.9 Å². The fourth-order valence-electron chi connectivity index (χ4n) is 1.99. The van der Waals surface area contributed by atoms with E-state index in [1.54, 1.807) is 0 Å². The lowest BCUT2D eigenvalue weighted by atomic mass is 9.93. The number of hydrogen-bond acceptors (Lipinski definition) is 2. The van der Waals surface area contributed by atoms with Crippen LogP contribution in [0.2, 0.25) is 0 Å². The smallest absolute Gasteiger partial charge is 0.221 e. The van der Waals surface area contributed by atoms with Gasteiger partial charge in [0.1, 0.15) is 0 Å². The van der Waals surface area contributed by atoms with Gasteiger partial charge in [0.05, 0.1) is 5.60 Å². The number of aromatic nitrogens is 1. The number of rotatable bonds is 1. The number of halogens is 2. The highest BCUT2D eigenvalue weighted by Gasteiger charge is 2.35. The number of pyridine rings is 1. The van der Waals surface area contributed by atoms with Gasteiger partial charge in [-0.25, -0.2) is 0 Å². The largest absolute Gasteiger partial charge is 0.385 e. The minimum atomic E-state index is -1.13. The number of nitrogens with zero attached hydrogens (tertiary/aromatic N) is 1. The molecule has 14 heavy (non-hydrogen) atoms. The molecule has 2 rings (SSSR count). The van der Waals surface area contributed by atoms with Crippen molar-refractivity contribution in [1.29, 1.82) is 0 Å². The van der Waals surface area contributed by atoms with Crippen molar-refractivity contribution in [3.63, 3.8) is 0 Å². The van der Waals surface area contributed by atoms with Crippen molar-refractivity contribution in [2.75, 3.05) is 0 Å². The van der Waals surface area contributed by atoms with E-state index in [1.807, 2.05) is 0 Å². The first kappa shape index (κ1) is 9.52. The van der Waals surface area contributed by atoms with E-state index in [-0.39, 0.29) is 5.56 Å². The first-order valence-corrected chi connectivity index (χ1v) is 4.67. The first-order valence-electron chi connectivity index (χ1n) is 4.67. The maximum Gasteiger partial charge on any atom is 0.221 e. The van der Waals surface area contributed by atoms with Gasteiger partial charge in [0, 0.05) is 5.56 Å². The summed E-state index contributed by atoms with van der Waals surface area (Å²) >= 11 is 0. The molecule has 0 radical (unpaired) electrons. The van der Waals surface area contributed by atoms with Gasteiger partial charge < -0.3 is 5.11 Å². The predicted octanol–water partition coefficient (Wildman–Crippen LogP) is 2.12. The molecule has 1 aliphatic rings. The Morgan fingerprint density at radius 1 is 1.21 bits per heavy atom. The highest BCUT2D eigenvalue weighted by molar-refractivity contribution is 5.21. The lowest BCUT2D eigenvalue weighted by Gasteiger charge is -2.22.